The maximum absolute atomic E-state index is 11.8. The summed E-state index contributed by atoms with van der Waals surface area (Å²) in [6.07, 6.45) is 3.50. The Hall–Kier alpha value is -1.30. The molecule has 0 saturated carbocycles. The normalized spacial score (nSPS) is 17.0. The third-order valence-corrected chi connectivity index (χ3v) is 4.16. The summed E-state index contributed by atoms with van der Waals surface area (Å²) in [4.78, 5) is 18.3. The van der Waals surface area contributed by atoms with Crippen LogP contribution in [0.5, 0.6) is 0 Å². The Bertz CT molecular complexity index is 385. The second-order valence-corrected chi connectivity index (χ2v) is 7.25. The van der Waals surface area contributed by atoms with Gasteiger partial charge in [-0.2, -0.15) is 0 Å². The van der Waals surface area contributed by atoms with Gasteiger partial charge in [0.05, 0.1) is 0 Å². The molecule has 23 heavy (non-hydrogen) atoms. The third-order valence-electron chi connectivity index (χ3n) is 4.16. The van der Waals surface area contributed by atoms with Crippen LogP contribution in [-0.4, -0.2) is 63.7 Å². The Balaban J connectivity index is 2.23. The Morgan fingerprint density at radius 1 is 1.22 bits per heavy atom. The monoisotopic (exact) mass is 326 g/mol. The lowest BCUT2D eigenvalue weighted by molar-refractivity contribution is -0.128. The van der Waals surface area contributed by atoms with Crippen molar-refractivity contribution in [3.8, 4) is 0 Å². The van der Waals surface area contributed by atoms with Crippen LogP contribution in [0.3, 0.4) is 0 Å². The molecule has 0 spiro atoms. The maximum Gasteiger partial charge on any atom is 0.225 e. The van der Waals surface area contributed by atoms with Crippen LogP contribution in [0.25, 0.3) is 0 Å². The van der Waals surface area contributed by atoms with E-state index in [1.54, 1.807) is 7.05 Å². The van der Waals surface area contributed by atoms with E-state index in [9.17, 15) is 4.79 Å². The van der Waals surface area contributed by atoms with Crippen molar-refractivity contribution in [3.63, 3.8) is 0 Å². The fraction of sp³-hybridized carbons (Fsp3) is 0.882. The molecule has 6 heteroatoms. The Labute approximate surface area is 141 Å². The van der Waals surface area contributed by atoms with E-state index in [1.807, 2.05) is 20.8 Å². The van der Waals surface area contributed by atoms with E-state index < -0.39 is 0 Å². The summed E-state index contributed by atoms with van der Waals surface area (Å²) in [6, 6.07) is 0. The van der Waals surface area contributed by atoms with Crippen LogP contribution in [0.1, 0.15) is 40.0 Å². The summed E-state index contributed by atoms with van der Waals surface area (Å²) in [7, 11) is 3.85. The molecule has 1 heterocycles. The van der Waals surface area contributed by atoms with Crippen molar-refractivity contribution in [2.45, 2.75) is 40.0 Å². The number of ether oxygens (including phenoxy) is 1. The number of carbonyl (C=O) groups is 1. The summed E-state index contributed by atoms with van der Waals surface area (Å²) in [5, 5.41) is 6.24. The van der Waals surface area contributed by atoms with Gasteiger partial charge in [0.25, 0.3) is 0 Å². The number of hydrogen-bond donors (Lipinski definition) is 2. The zero-order chi connectivity index (χ0) is 17.3. The second kappa shape index (κ2) is 9.75. The topological polar surface area (TPSA) is 66.0 Å². The smallest absolute Gasteiger partial charge is 0.225 e. The molecule has 0 atom stereocenters. The zero-order valence-corrected chi connectivity index (χ0v) is 15.4. The van der Waals surface area contributed by atoms with Crippen molar-refractivity contribution >= 4 is 11.9 Å². The fourth-order valence-corrected chi connectivity index (χ4v) is 2.52. The van der Waals surface area contributed by atoms with E-state index in [1.165, 1.54) is 19.3 Å². The highest BCUT2D eigenvalue weighted by Crippen LogP contribution is 2.18. The highest BCUT2D eigenvalue weighted by Gasteiger charge is 2.20. The van der Waals surface area contributed by atoms with Gasteiger partial charge in [-0.3, -0.25) is 9.79 Å². The molecule has 0 unspecified atom stereocenters. The molecule has 1 saturated heterocycles. The largest absolute Gasteiger partial charge is 0.381 e. The van der Waals surface area contributed by atoms with E-state index in [4.69, 9.17) is 4.74 Å². The molecule has 6 nitrogen and oxygen atoms in total. The number of aliphatic imine (C=N–C) groups is 1. The van der Waals surface area contributed by atoms with Gasteiger partial charge in [0.15, 0.2) is 5.96 Å². The minimum absolute atomic E-state index is 0.0714. The number of nitrogens with one attached hydrogen (secondary N) is 2. The minimum atomic E-state index is -0.345. The van der Waals surface area contributed by atoms with Crippen LogP contribution < -0.4 is 10.6 Å². The lowest BCUT2D eigenvalue weighted by Gasteiger charge is -2.27. The van der Waals surface area contributed by atoms with Crippen molar-refractivity contribution in [2.75, 3.05) is 46.9 Å². The number of hydrogen-bond acceptors (Lipinski definition) is 3. The third kappa shape index (κ3) is 7.68. The Morgan fingerprint density at radius 3 is 2.39 bits per heavy atom. The lowest BCUT2D eigenvalue weighted by Crippen LogP contribution is -2.44. The van der Waals surface area contributed by atoms with Gasteiger partial charge >= 0.3 is 0 Å². The van der Waals surface area contributed by atoms with Crippen molar-refractivity contribution < 1.29 is 9.53 Å². The highest BCUT2D eigenvalue weighted by molar-refractivity contribution is 5.81. The predicted octanol–water partition coefficient (Wildman–Crippen LogP) is 1.47. The molecule has 0 aliphatic carbocycles. The standard InChI is InChI=1S/C17H34N4O2/c1-17(2,3)15(22)19-9-10-20-16(18-4)21(5)11-6-14-7-12-23-13-8-14/h14H,6-13H2,1-5H3,(H,18,20)(H,19,22). The number of guanidine groups is 1. The van der Waals surface area contributed by atoms with E-state index in [0.29, 0.717) is 13.1 Å². The number of rotatable bonds is 6. The first kappa shape index (κ1) is 19.7. The lowest BCUT2D eigenvalue weighted by atomic mass is 9.96. The quantitative estimate of drug-likeness (QED) is 0.441. The summed E-state index contributed by atoms with van der Waals surface area (Å²) in [5.74, 6) is 1.71. The first-order chi connectivity index (χ1) is 10.8. The Kier molecular flexibility index (Phi) is 8.37. The van der Waals surface area contributed by atoms with Crippen LogP contribution in [0, 0.1) is 11.3 Å². The van der Waals surface area contributed by atoms with E-state index in [-0.39, 0.29) is 11.3 Å². The molecular weight excluding hydrogens is 292 g/mol. The molecule has 134 valence electrons. The van der Waals surface area contributed by atoms with E-state index in [2.05, 4.69) is 27.6 Å². The van der Waals surface area contributed by atoms with Crippen LogP contribution in [-0.2, 0) is 9.53 Å². The van der Waals surface area contributed by atoms with Gasteiger partial charge in [0, 0.05) is 52.4 Å². The molecule has 0 aromatic carbocycles. The maximum atomic E-state index is 11.8. The summed E-state index contributed by atoms with van der Waals surface area (Å²) in [6.45, 7) is 9.80. The summed E-state index contributed by atoms with van der Waals surface area (Å²) >= 11 is 0. The molecule has 0 bridgehead atoms. The fourth-order valence-electron chi connectivity index (χ4n) is 2.52. The summed E-state index contributed by atoms with van der Waals surface area (Å²) < 4.78 is 5.40. The SMILES string of the molecule is CN=C(NCCNC(=O)C(C)(C)C)N(C)CCC1CCOCC1. The zero-order valence-electron chi connectivity index (χ0n) is 15.4. The van der Waals surface area contributed by atoms with Crippen LogP contribution in [0.4, 0.5) is 0 Å². The van der Waals surface area contributed by atoms with Crippen LogP contribution in [0.2, 0.25) is 0 Å². The number of amides is 1. The van der Waals surface area contributed by atoms with Gasteiger partial charge in [0.2, 0.25) is 5.91 Å². The van der Waals surface area contributed by atoms with Gasteiger partial charge in [-0.15, -0.1) is 0 Å². The van der Waals surface area contributed by atoms with Gasteiger partial charge in [-0.25, -0.2) is 0 Å². The van der Waals surface area contributed by atoms with Gasteiger partial charge in [0.1, 0.15) is 0 Å². The first-order valence-corrected chi connectivity index (χ1v) is 8.62. The van der Waals surface area contributed by atoms with Crippen molar-refractivity contribution in [1.29, 1.82) is 0 Å². The van der Waals surface area contributed by atoms with Gasteiger partial charge in [-0.05, 0) is 25.2 Å². The molecule has 1 amide bonds. The van der Waals surface area contributed by atoms with Crippen LogP contribution in [0.15, 0.2) is 4.99 Å². The molecule has 0 aromatic heterocycles. The second-order valence-electron chi connectivity index (χ2n) is 7.25. The average molecular weight is 326 g/mol. The van der Waals surface area contributed by atoms with Crippen molar-refractivity contribution in [3.05, 3.63) is 0 Å². The first-order valence-electron chi connectivity index (χ1n) is 8.62. The van der Waals surface area contributed by atoms with Gasteiger partial charge < -0.3 is 20.3 Å². The molecule has 1 rings (SSSR count). The van der Waals surface area contributed by atoms with Crippen molar-refractivity contribution in [1.82, 2.24) is 15.5 Å². The summed E-state index contributed by atoms with van der Waals surface area (Å²) in [5.41, 5.74) is -0.345. The van der Waals surface area contributed by atoms with Crippen LogP contribution >= 0.6 is 0 Å². The van der Waals surface area contributed by atoms with E-state index >= 15 is 0 Å². The molecule has 1 fully saturated rings. The minimum Gasteiger partial charge on any atom is -0.381 e. The number of carbonyl (C=O) groups excluding carboxylic acids is 1. The molecule has 1 aliphatic heterocycles. The molecule has 0 aromatic rings. The van der Waals surface area contributed by atoms with Gasteiger partial charge in [-0.1, -0.05) is 20.8 Å². The predicted molar refractivity (Wildman–Crippen MR) is 94.6 cm³/mol. The molecule has 1 aliphatic rings. The Morgan fingerprint density at radius 2 is 1.83 bits per heavy atom. The molecule has 2 N–H and O–H groups in total. The van der Waals surface area contributed by atoms with Crippen molar-refractivity contribution in [2.24, 2.45) is 16.3 Å². The average Bonchev–Trinajstić information content (AvgIpc) is 2.52. The number of nitrogens with zero attached hydrogens (tertiary/aromatic N) is 2. The molecule has 0 radical (unpaired) electrons. The highest BCUT2D eigenvalue weighted by atomic mass is 16.5. The van der Waals surface area contributed by atoms with E-state index in [0.717, 1.165) is 31.6 Å². The molecular formula is C17H34N4O2.